The summed E-state index contributed by atoms with van der Waals surface area (Å²) in [6, 6.07) is 36.1. The fraction of sp³-hybridized carbons (Fsp3) is 0. The van der Waals surface area contributed by atoms with Gasteiger partial charge >= 0.3 is 0 Å². The lowest BCUT2D eigenvalue weighted by Crippen LogP contribution is -2.04. The molecule has 5 aromatic carbocycles. The molecule has 0 unspecified atom stereocenters. The van der Waals surface area contributed by atoms with E-state index in [9.17, 15) is 0 Å². The molecule has 0 radical (unpaired) electrons. The van der Waals surface area contributed by atoms with E-state index >= 15 is 0 Å². The van der Waals surface area contributed by atoms with Crippen LogP contribution in [0.15, 0.2) is 120 Å². The highest BCUT2D eigenvalue weighted by molar-refractivity contribution is 6.22. The third kappa shape index (κ3) is 2.67. The van der Waals surface area contributed by atoms with Gasteiger partial charge in [-0.25, -0.2) is 15.0 Å². The van der Waals surface area contributed by atoms with Crippen LogP contribution in [0.2, 0.25) is 0 Å². The fourth-order valence-corrected chi connectivity index (χ4v) is 6.22. The van der Waals surface area contributed by atoms with Gasteiger partial charge in [-0.2, -0.15) is 0 Å². The lowest BCUT2D eigenvalue weighted by Gasteiger charge is -2.13. The Labute approximate surface area is 221 Å². The number of nitrogens with zero attached hydrogens (tertiary/aromatic N) is 5. The zero-order valence-corrected chi connectivity index (χ0v) is 20.6. The summed E-state index contributed by atoms with van der Waals surface area (Å²) < 4.78 is 11.1. The molecule has 0 N–H and O–H groups in total. The predicted octanol–water partition coefficient (Wildman–Crippen LogP) is 7.97. The molecule has 0 amide bonds. The van der Waals surface area contributed by atoms with Gasteiger partial charge in [0.15, 0.2) is 5.58 Å². The van der Waals surface area contributed by atoms with E-state index in [-0.39, 0.29) is 0 Å². The second kappa shape index (κ2) is 7.52. The van der Waals surface area contributed by atoms with Crippen molar-refractivity contribution in [2.75, 3.05) is 0 Å². The van der Waals surface area contributed by atoms with Crippen LogP contribution in [0.4, 0.5) is 0 Å². The minimum Gasteiger partial charge on any atom is -0.454 e. The van der Waals surface area contributed by atoms with E-state index in [0.717, 1.165) is 65.9 Å². The van der Waals surface area contributed by atoms with Crippen molar-refractivity contribution < 1.29 is 4.42 Å². The van der Waals surface area contributed by atoms with E-state index in [4.69, 9.17) is 4.42 Å². The van der Waals surface area contributed by atoms with Crippen LogP contribution in [0, 0.1) is 0 Å². The van der Waals surface area contributed by atoms with Crippen LogP contribution in [0.5, 0.6) is 0 Å². The number of aromatic nitrogens is 5. The zero-order valence-electron chi connectivity index (χ0n) is 20.6. The number of para-hydroxylation sites is 4. The van der Waals surface area contributed by atoms with Crippen LogP contribution in [0.25, 0.3) is 77.2 Å². The first-order valence-electron chi connectivity index (χ1n) is 12.9. The maximum absolute atomic E-state index is 6.58. The van der Waals surface area contributed by atoms with Gasteiger partial charge in [0.25, 0.3) is 0 Å². The Hall–Kier alpha value is -5.49. The van der Waals surface area contributed by atoms with Gasteiger partial charge in [-0.05, 0) is 30.3 Å². The molecule has 6 heteroatoms. The smallest absolute Gasteiger partial charge is 0.237 e. The minimum absolute atomic E-state index is 0.582. The molecule has 9 aromatic rings. The number of hydrogen-bond donors (Lipinski definition) is 0. The largest absolute Gasteiger partial charge is 0.454 e. The summed E-state index contributed by atoms with van der Waals surface area (Å²) in [5.74, 6) is 0.582. The molecule has 0 saturated heterocycles. The van der Waals surface area contributed by atoms with Gasteiger partial charge in [-0.1, -0.05) is 72.8 Å². The second-order valence-electron chi connectivity index (χ2n) is 9.75. The summed E-state index contributed by atoms with van der Waals surface area (Å²) in [4.78, 5) is 13.2. The minimum atomic E-state index is 0.582. The predicted molar refractivity (Wildman–Crippen MR) is 156 cm³/mol. The van der Waals surface area contributed by atoms with Crippen molar-refractivity contribution in [1.82, 2.24) is 24.1 Å². The highest BCUT2D eigenvalue weighted by Crippen LogP contribution is 2.42. The van der Waals surface area contributed by atoms with Gasteiger partial charge in [0, 0.05) is 32.3 Å². The second-order valence-corrected chi connectivity index (χ2v) is 9.75. The molecule has 4 heterocycles. The molecular weight excluding hydrogens is 482 g/mol. The average molecular weight is 502 g/mol. The molecule has 0 aliphatic carbocycles. The van der Waals surface area contributed by atoms with Crippen molar-refractivity contribution in [3.8, 4) is 11.6 Å². The van der Waals surface area contributed by atoms with Crippen molar-refractivity contribution in [3.05, 3.63) is 116 Å². The fourth-order valence-electron chi connectivity index (χ4n) is 6.22. The highest BCUT2D eigenvalue weighted by Gasteiger charge is 2.23. The Morgan fingerprint density at radius 2 is 1.10 bits per heavy atom. The Kier molecular flexibility index (Phi) is 3.96. The van der Waals surface area contributed by atoms with Crippen LogP contribution < -0.4 is 0 Å². The van der Waals surface area contributed by atoms with Gasteiger partial charge in [0.05, 0.1) is 27.8 Å². The van der Waals surface area contributed by atoms with E-state index in [1.54, 1.807) is 12.7 Å². The number of rotatable bonds is 2. The van der Waals surface area contributed by atoms with E-state index in [0.29, 0.717) is 5.95 Å². The molecule has 182 valence electrons. The molecule has 39 heavy (non-hydrogen) atoms. The van der Waals surface area contributed by atoms with Crippen LogP contribution >= 0.6 is 0 Å². The van der Waals surface area contributed by atoms with Crippen molar-refractivity contribution in [2.24, 2.45) is 0 Å². The van der Waals surface area contributed by atoms with Gasteiger partial charge in [-0.3, -0.25) is 4.57 Å². The van der Waals surface area contributed by atoms with E-state index < -0.39 is 0 Å². The van der Waals surface area contributed by atoms with Gasteiger partial charge in [0.2, 0.25) is 5.95 Å². The number of furan rings is 1. The number of fused-ring (bicyclic) bond motifs is 10. The average Bonchev–Trinajstić information content (AvgIpc) is 3.65. The van der Waals surface area contributed by atoms with Crippen molar-refractivity contribution >= 4 is 65.6 Å². The molecular formula is C33H19N5O. The Morgan fingerprint density at radius 1 is 0.487 bits per heavy atom. The van der Waals surface area contributed by atoms with Crippen LogP contribution in [0.1, 0.15) is 0 Å². The van der Waals surface area contributed by atoms with Crippen molar-refractivity contribution in [1.29, 1.82) is 0 Å². The van der Waals surface area contributed by atoms with E-state index in [1.807, 2.05) is 12.1 Å². The standard InChI is InChI=1S/C33H19N5O/c1-4-12-26-21(9-1)24-16-17-25-22-10-3-6-15-29(22)39-32(25)31(24)37(26)28-14-7-11-23-20-8-2-5-13-27(20)38(30(23)28)33-35-18-34-19-36-33/h1-19H. The van der Waals surface area contributed by atoms with Gasteiger partial charge < -0.3 is 8.98 Å². The first-order valence-corrected chi connectivity index (χ1v) is 12.9. The van der Waals surface area contributed by atoms with Crippen LogP contribution in [0.3, 0.4) is 0 Å². The quantitative estimate of drug-likeness (QED) is 0.241. The summed E-state index contributed by atoms with van der Waals surface area (Å²) in [5.41, 5.74) is 7.02. The lowest BCUT2D eigenvalue weighted by atomic mass is 10.1. The number of benzene rings is 5. The zero-order chi connectivity index (χ0) is 25.5. The molecule has 0 fully saturated rings. The SMILES string of the molecule is c1ccc2c(c1)oc1c2ccc2c3ccccc3n(-c3cccc4c5ccccc5n(-c5ncncn5)c34)c21. The van der Waals surface area contributed by atoms with Crippen molar-refractivity contribution in [2.45, 2.75) is 0 Å². The monoisotopic (exact) mass is 501 g/mol. The Morgan fingerprint density at radius 3 is 1.90 bits per heavy atom. The third-order valence-corrected chi connectivity index (χ3v) is 7.77. The Balaban J connectivity index is 1.54. The van der Waals surface area contributed by atoms with E-state index in [2.05, 4.69) is 115 Å². The highest BCUT2D eigenvalue weighted by atomic mass is 16.3. The molecule has 0 saturated carbocycles. The van der Waals surface area contributed by atoms with Crippen LogP contribution in [-0.4, -0.2) is 24.1 Å². The molecule has 6 nitrogen and oxygen atoms in total. The molecule has 0 aliphatic rings. The summed E-state index contributed by atoms with van der Waals surface area (Å²) in [6.07, 6.45) is 3.09. The van der Waals surface area contributed by atoms with Crippen molar-refractivity contribution in [3.63, 3.8) is 0 Å². The topological polar surface area (TPSA) is 61.7 Å². The van der Waals surface area contributed by atoms with Gasteiger partial charge in [-0.15, -0.1) is 0 Å². The molecule has 0 spiro atoms. The molecule has 0 bridgehead atoms. The van der Waals surface area contributed by atoms with Gasteiger partial charge in [0.1, 0.15) is 18.2 Å². The first-order chi connectivity index (χ1) is 19.4. The summed E-state index contributed by atoms with van der Waals surface area (Å²) in [7, 11) is 0. The third-order valence-electron chi connectivity index (χ3n) is 7.77. The lowest BCUT2D eigenvalue weighted by molar-refractivity contribution is 0.671. The Bertz CT molecular complexity index is 2400. The summed E-state index contributed by atoms with van der Waals surface area (Å²) in [5, 5.41) is 6.82. The van der Waals surface area contributed by atoms with Crippen LogP contribution in [-0.2, 0) is 0 Å². The normalized spacial score (nSPS) is 12.1. The maximum atomic E-state index is 6.58. The summed E-state index contributed by atoms with van der Waals surface area (Å²) >= 11 is 0. The van der Waals surface area contributed by atoms with E-state index in [1.165, 1.54) is 5.39 Å². The summed E-state index contributed by atoms with van der Waals surface area (Å²) in [6.45, 7) is 0. The maximum Gasteiger partial charge on any atom is 0.237 e. The molecule has 4 aromatic heterocycles. The molecule has 0 aliphatic heterocycles. The number of hydrogen-bond acceptors (Lipinski definition) is 4. The molecule has 9 rings (SSSR count). The molecule has 0 atom stereocenters. The first kappa shape index (κ1) is 20.6.